The molecule has 0 unspecified atom stereocenters. The molecular weight excluding hydrogens is 244 g/mol. The van der Waals surface area contributed by atoms with Gasteiger partial charge in [-0.1, -0.05) is 19.1 Å². The van der Waals surface area contributed by atoms with Gasteiger partial charge in [0.15, 0.2) is 0 Å². The van der Waals surface area contributed by atoms with Gasteiger partial charge >= 0.3 is 12.0 Å². The molecule has 2 amide bonds. The molecule has 102 valence electrons. The van der Waals surface area contributed by atoms with Crippen LogP contribution in [0.1, 0.15) is 25.3 Å². The molecule has 1 aliphatic heterocycles. The Bertz CT molecular complexity index is 470. The molecule has 5 nitrogen and oxygen atoms in total. The van der Waals surface area contributed by atoms with Crippen molar-refractivity contribution < 1.29 is 14.7 Å². The molecule has 2 N–H and O–H groups in total. The minimum absolute atomic E-state index is 0.339. The average Bonchev–Trinajstić information content (AvgIpc) is 2.89. The van der Waals surface area contributed by atoms with Crippen LogP contribution in [0.3, 0.4) is 0 Å². The number of aliphatic carboxylic acids is 1. The van der Waals surface area contributed by atoms with Crippen LogP contribution in [-0.2, 0) is 11.2 Å². The van der Waals surface area contributed by atoms with Crippen molar-refractivity contribution >= 4 is 17.7 Å². The highest BCUT2D eigenvalue weighted by atomic mass is 16.4. The van der Waals surface area contributed by atoms with Crippen LogP contribution < -0.4 is 5.32 Å². The first-order valence-corrected chi connectivity index (χ1v) is 6.51. The third kappa shape index (κ3) is 3.05. The number of carbonyl (C=O) groups is 2. The van der Waals surface area contributed by atoms with Crippen molar-refractivity contribution in [3.63, 3.8) is 0 Å². The zero-order valence-electron chi connectivity index (χ0n) is 10.9. The number of carboxylic acid groups (broad SMARTS) is 1. The van der Waals surface area contributed by atoms with Gasteiger partial charge in [-0.05, 0) is 37.0 Å². The van der Waals surface area contributed by atoms with E-state index in [2.05, 4.69) is 12.2 Å². The first-order valence-electron chi connectivity index (χ1n) is 6.51. The van der Waals surface area contributed by atoms with Gasteiger partial charge in [0.1, 0.15) is 6.04 Å². The van der Waals surface area contributed by atoms with E-state index >= 15 is 0 Å². The number of anilines is 1. The van der Waals surface area contributed by atoms with E-state index in [0.29, 0.717) is 18.7 Å². The summed E-state index contributed by atoms with van der Waals surface area (Å²) in [6.45, 7) is 2.56. The van der Waals surface area contributed by atoms with Crippen LogP contribution in [0.25, 0.3) is 0 Å². The lowest BCUT2D eigenvalue weighted by atomic mass is 10.1. The molecule has 0 aliphatic carbocycles. The average molecular weight is 262 g/mol. The fourth-order valence-corrected chi connectivity index (χ4v) is 2.29. The van der Waals surface area contributed by atoms with Crippen molar-refractivity contribution in [3.8, 4) is 0 Å². The third-order valence-electron chi connectivity index (χ3n) is 3.41. The van der Waals surface area contributed by atoms with Gasteiger partial charge < -0.3 is 15.3 Å². The van der Waals surface area contributed by atoms with E-state index in [9.17, 15) is 9.59 Å². The number of aryl methyl sites for hydroxylation is 1. The standard InChI is InChI=1S/C14H18N2O3/c1-2-10-5-7-11(8-6-10)15-14(19)16-9-3-4-12(16)13(17)18/h5-8,12H,2-4,9H2,1H3,(H,15,19)(H,17,18)/t12-/m0/s1. The number of urea groups is 1. The number of hydrogen-bond donors (Lipinski definition) is 2. The summed E-state index contributed by atoms with van der Waals surface area (Å²) in [5, 5.41) is 11.8. The zero-order valence-corrected chi connectivity index (χ0v) is 10.9. The molecule has 1 heterocycles. The summed E-state index contributed by atoms with van der Waals surface area (Å²) in [4.78, 5) is 24.5. The summed E-state index contributed by atoms with van der Waals surface area (Å²) in [6, 6.07) is 6.54. The van der Waals surface area contributed by atoms with E-state index in [1.165, 1.54) is 10.5 Å². The van der Waals surface area contributed by atoms with Gasteiger partial charge in [0.05, 0.1) is 0 Å². The Hall–Kier alpha value is -2.04. The van der Waals surface area contributed by atoms with Crippen LogP contribution in [0, 0.1) is 0 Å². The van der Waals surface area contributed by atoms with Crippen LogP contribution in [0.5, 0.6) is 0 Å². The van der Waals surface area contributed by atoms with Gasteiger partial charge in [-0.15, -0.1) is 0 Å². The summed E-state index contributed by atoms with van der Waals surface area (Å²) in [5.41, 5.74) is 1.89. The Labute approximate surface area is 112 Å². The molecule has 1 aliphatic rings. The number of hydrogen-bond acceptors (Lipinski definition) is 2. The van der Waals surface area contributed by atoms with Crippen molar-refractivity contribution in [1.29, 1.82) is 0 Å². The lowest BCUT2D eigenvalue weighted by Crippen LogP contribution is -2.42. The Morgan fingerprint density at radius 3 is 2.63 bits per heavy atom. The second-order valence-electron chi connectivity index (χ2n) is 4.67. The summed E-state index contributed by atoms with van der Waals surface area (Å²) in [7, 11) is 0. The van der Waals surface area contributed by atoms with E-state index in [-0.39, 0.29) is 6.03 Å². The number of amides is 2. The molecule has 1 fully saturated rings. The number of rotatable bonds is 3. The largest absolute Gasteiger partial charge is 0.480 e. The first-order chi connectivity index (χ1) is 9.11. The lowest BCUT2D eigenvalue weighted by molar-refractivity contribution is -0.141. The third-order valence-corrected chi connectivity index (χ3v) is 3.41. The quantitative estimate of drug-likeness (QED) is 0.878. The molecule has 1 saturated heterocycles. The number of likely N-dealkylation sites (tertiary alicyclic amines) is 1. The molecule has 19 heavy (non-hydrogen) atoms. The number of benzene rings is 1. The molecule has 1 aromatic rings. The van der Waals surface area contributed by atoms with Gasteiger partial charge in [-0.2, -0.15) is 0 Å². The molecule has 0 saturated carbocycles. The maximum absolute atomic E-state index is 12.0. The van der Waals surface area contributed by atoms with Crippen molar-refractivity contribution in [1.82, 2.24) is 4.90 Å². The summed E-state index contributed by atoms with van der Waals surface area (Å²) >= 11 is 0. The maximum Gasteiger partial charge on any atom is 0.326 e. The smallest absolute Gasteiger partial charge is 0.326 e. The molecule has 1 atom stereocenters. The Balaban J connectivity index is 2.01. The van der Waals surface area contributed by atoms with E-state index in [1.807, 2.05) is 24.3 Å². The Morgan fingerprint density at radius 2 is 2.05 bits per heavy atom. The van der Waals surface area contributed by atoms with Crippen molar-refractivity contribution in [3.05, 3.63) is 29.8 Å². The SMILES string of the molecule is CCc1ccc(NC(=O)N2CCC[C@H]2C(=O)O)cc1. The van der Waals surface area contributed by atoms with E-state index in [0.717, 1.165) is 12.8 Å². The monoisotopic (exact) mass is 262 g/mol. The highest BCUT2D eigenvalue weighted by Crippen LogP contribution is 2.19. The Kier molecular flexibility index (Phi) is 4.04. The fraction of sp³-hybridized carbons (Fsp3) is 0.429. The molecule has 0 bridgehead atoms. The first kappa shape index (κ1) is 13.4. The molecule has 5 heteroatoms. The van der Waals surface area contributed by atoms with Crippen LogP contribution >= 0.6 is 0 Å². The minimum Gasteiger partial charge on any atom is -0.480 e. The highest BCUT2D eigenvalue weighted by molar-refractivity contribution is 5.92. The van der Waals surface area contributed by atoms with Crippen molar-refractivity contribution in [2.24, 2.45) is 0 Å². The normalized spacial score (nSPS) is 18.4. The molecule has 0 spiro atoms. The second-order valence-corrected chi connectivity index (χ2v) is 4.67. The maximum atomic E-state index is 12.0. The van der Waals surface area contributed by atoms with Crippen LogP contribution in [0.2, 0.25) is 0 Å². The summed E-state index contributed by atoms with van der Waals surface area (Å²) in [6.07, 6.45) is 2.21. The second kappa shape index (κ2) is 5.73. The number of nitrogens with one attached hydrogen (secondary N) is 1. The number of nitrogens with zero attached hydrogens (tertiary/aromatic N) is 1. The van der Waals surface area contributed by atoms with Crippen molar-refractivity contribution in [2.75, 3.05) is 11.9 Å². The predicted octanol–water partition coefficient (Wildman–Crippen LogP) is 2.33. The van der Waals surface area contributed by atoms with E-state index in [1.54, 1.807) is 0 Å². The Morgan fingerprint density at radius 1 is 1.37 bits per heavy atom. The zero-order chi connectivity index (χ0) is 13.8. The fourth-order valence-electron chi connectivity index (χ4n) is 2.29. The van der Waals surface area contributed by atoms with Crippen LogP contribution in [0.15, 0.2) is 24.3 Å². The lowest BCUT2D eigenvalue weighted by Gasteiger charge is -2.21. The van der Waals surface area contributed by atoms with Crippen LogP contribution in [-0.4, -0.2) is 34.6 Å². The predicted molar refractivity (Wildman–Crippen MR) is 72.2 cm³/mol. The molecule has 1 aromatic carbocycles. The minimum atomic E-state index is -0.936. The molecular formula is C14H18N2O3. The van der Waals surface area contributed by atoms with Gasteiger partial charge in [0.2, 0.25) is 0 Å². The summed E-state index contributed by atoms with van der Waals surface area (Å²) < 4.78 is 0. The van der Waals surface area contributed by atoms with E-state index < -0.39 is 12.0 Å². The van der Waals surface area contributed by atoms with E-state index in [4.69, 9.17) is 5.11 Å². The van der Waals surface area contributed by atoms with Crippen LogP contribution in [0.4, 0.5) is 10.5 Å². The number of carbonyl (C=O) groups excluding carboxylic acids is 1. The molecule has 0 radical (unpaired) electrons. The van der Waals surface area contributed by atoms with Crippen molar-refractivity contribution in [2.45, 2.75) is 32.2 Å². The van der Waals surface area contributed by atoms with Gasteiger partial charge in [0, 0.05) is 12.2 Å². The topological polar surface area (TPSA) is 69.6 Å². The summed E-state index contributed by atoms with van der Waals surface area (Å²) in [5.74, 6) is -0.936. The van der Waals surface area contributed by atoms with Gasteiger partial charge in [0.25, 0.3) is 0 Å². The molecule has 2 rings (SSSR count). The van der Waals surface area contributed by atoms with Gasteiger partial charge in [-0.25, -0.2) is 9.59 Å². The number of carboxylic acids is 1. The molecule has 0 aromatic heterocycles. The highest BCUT2D eigenvalue weighted by Gasteiger charge is 2.33. The van der Waals surface area contributed by atoms with Gasteiger partial charge in [-0.3, -0.25) is 0 Å².